The maximum atomic E-state index is 12.5. The Morgan fingerprint density at radius 1 is 1.13 bits per heavy atom. The van der Waals surface area contributed by atoms with Crippen molar-refractivity contribution in [1.29, 1.82) is 0 Å². The van der Waals surface area contributed by atoms with E-state index in [4.69, 9.17) is 0 Å². The molecule has 2 saturated heterocycles. The van der Waals surface area contributed by atoms with Crippen LogP contribution >= 0.6 is 24.2 Å². The number of nitrogens with one attached hydrogen (secondary N) is 2. The van der Waals surface area contributed by atoms with E-state index in [1.807, 2.05) is 0 Å². The van der Waals surface area contributed by atoms with Crippen molar-refractivity contribution in [2.75, 3.05) is 44.2 Å². The molecule has 0 atom stereocenters. The standard InChI is InChI=1S/C17H31N3OS.ClH/c21-16(15-4-8-18-9-5-15)19-14-17(6-2-1-3-7-17)20-10-12-22-13-11-20;/h15,18H,1-14H2,(H,19,21);1H. The monoisotopic (exact) mass is 361 g/mol. The molecule has 2 N–H and O–H groups in total. The van der Waals surface area contributed by atoms with Gasteiger partial charge in [0, 0.05) is 42.6 Å². The van der Waals surface area contributed by atoms with Gasteiger partial charge in [-0.1, -0.05) is 19.3 Å². The number of piperidine rings is 1. The number of carbonyl (C=O) groups is 1. The summed E-state index contributed by atoms with van der Waals surface area (Å²) in [6, 6.07) is 0. The van der Waals surface area contributed by atoms with E-state index < -0.39 is 0 Å². The Bertz CT molecular complexity index is 365. The van der Waals surface area contributed by atoms with Crippen LogP contribution in [0.5, 0.6) is 0 Å². The van der Waals surface area contributed by atoms with Crippen molar-refractivity contribution in [3.8, 4) is 0 Å². The lowest BCUT2D eigenvalue weighted by atomic mass is 9.79. The van der Waals surface area contributed by atoms with Gasteiger partial charge in [0.1, 0.15) is 0 Å². The van der Waals surface area contributed by atoms with Crippen LogP contribution < -0.4 is 10.6 Å². The zero-order valence-electron chi connectivity index (χ0n) is 14.1. The average molecular weight is 362 g/mol. The third-order valence-electron chi connectivity index (χ3n) is 5.77. The third kappa shape index (κ3) is 5.00. The van der Waals surface area contributed by atoms with E-state index in [9.17, 15) is 4.79 Å². The minimum atomic E-state index is 0. The van der Waals surface area contributed by atoms with Crippen LogP contribution in [0.2, 0.25) is 0 Å². The molecular formula is C17H32ClN3OS. The van der Waals surface area contributed by atoms with E-state index in [0.29, 0.717) is 5.91 Å². The van der Waals surface area contributed by atoms with Crippen LogP contribution in [-0.2, 0) is 4.79 Å². The van der Waals surface area contributed by atoms with E-state index in [-0.39, 0.29) is 23.9 Å². The smallest absolute Gasteiger partial charge is 0.223 e. The van der Waals surface area contributed by atoms with Gasteiger partial charge in [-0.3, -0.25) is 9.69 Å². The van der Waals surface area contributed by atoms with Crippen LogP contribution in [0.15, 0.2) is 0 Å². The van der Waals surface area contributed by atoms with Gasteiger partial charge in [-0.05, 0) is 38.8 Å². The molecule has 2 heterocycles. The maximum Gasteiger partial charge on any atom is 0.223 e. The Labute approximate surface area is 151 Å². The molecule has 0 aromatic heterocycles. The van der Waals surface area contributed by atoms with Crippen molar-refractivity contribution in [1.82, 2.24) is 15.5 Å². The van der Waals surface area contributed by atoms with Gasteiger partial charge >= 0.3 is 0 Å². The fourth-order valence-corrected chi connectivity index (χ4v) is 5.24. The molecule has 0 unspecified atom stereocenters. The lowest BCUT2D eigenvalue weighted by Gasteiger charge is -2.48. The molecule has 6 heteroatoms. The molecule has 2 aliphatic heterocycles. The Kier molecular flexibility index (Phi) is 7.99. The van der Waals surface area contributed by atoms with Crippen LogP contribution in [0, 0.1) is 5.92 Å². The zero-order chi connectivity index (χ0) is 15.3. The highest BCUT2D eigenvalue weighted by atomic mass is 35.5. The molecule has 3 fully saturated rings. The number of thioether (sulfide) groups is 1. The zero-order valence-corrected chi connectivity index (χ0v) is 15.8. The van der Waals surface area contributed by atoms with E-state index in [0.717, 1.165) is 32.5 Å². The molecule has 0 bridgehead atoms. The van der Waals surface area contributed by atoms with E-state index >= 15 is 0 Å². The maximum absolute atomic E-state index is 12.5. The first-order valence-electron chi connectivity index (χ1n) is 9.11. The first-order chi connectivity index (χ1) is 10.8. The number of nitrogens with zero attached hydrogens (tertiary/aromatic N) is 1. The summed E-state index contributed by atoms with van der Waals surface area (Å²) in [7, 11) is 0. The number of hydrogen-bond donors (Lipinski definition) is 2. The molecule has 0 aromatic carbocycles. The van der Waals surface area contributed by atoms with Gasteiger partial charge in [0.15, 0.2) is 0 Å². The van der Waals surface area contributed by atoms with Gasteiger partial charge in [0.25, 0.3) is 0 Å². The summed E-state index contributed by atoms with van der Waals surface area (Å²) >= 11 is 2.07. The summed E-state index contributed by atoms with van der Waals surface area (Å²) in [4.78, 5) is 15.2. The topological polar surface area (TPSA) is 44.4 Å². The summed E-state index contributed by atoms with van der Waals surface area (Å²) < 4.78 is 0. The quantitative estimate of drug-likeness (QED) is 0.806. The highest BCUT2D eigenvalue weighted by molar-refractivity contribution is 7.99. The largest absolute Gasteiger partial charge is 0.354 e. The molecule has 1 aliphatic carbocycles. The Morgan fingerprint density at radius 2 is 1.78 bits per heavy atom. The molecule has 4 nitrogen and oxygen atoms in total. The van der Waals surface area contributed by atoms with Crippen LogP contribution in [0.4, 0.5) is 0 Å². The number of hydrogen-bond acceptors (Lipinski definition) is 4. The second-order valence-electron chi connectivity index (χ2n) is 7.13. The molecule has 3 aliphatic rings. The minimum absolute atomic E-state index is 0. The Balaban J connectivity index is 0.00000192. The van der Waals surface area contributed by atoms with Crippen molar-refractivity contribution in [3.63, 3.8) is 0 Å². The molecule has 134 valence electrons. The first-order valence-corrected chi connectivity index (χ1v) is 10.3. The van der Waals surface area contributed by atoms with Crippen molar-refractivity contribution in [3.05, 3.63) is 0 Å². The molecule has 3 rings (SSSR count). The predicted molar refractivity (Wildman–Crippen MR) is 101 cm³/mol. The van der Waals surface area contributed by atoms with Crippen molar-refractivity contribution in [2.24, 2.45) is 5.92 Å². The van der Waals surface area contributed by atoms with Crippen LogP contribution in [-0.4, -0.2) is 60.6 Å². The Hall–Kier alpha value is 0.0300. The fourth-order valence-electron chi connectivity index (χ4n) is 4.33. The number of halogens is 1. The molecular weight excluding hydrogens is 330 g/mol. The van der Waals surface area contributed by atoms with Crippen molar-refractivity contribution in [2.45, 2.75) is 50.5 Å². The summed E-state index contributed by atoms with van der Waals surface area (Å²) in [5, 5.41) is 6.69. The first kappa shape index (κ1) is 19.4. The summed E-state index contributed by atoms with van der Waals surface area (Å²) in [5.41, 5.74) is 0.252. The molecule has 1 saturated carbocycles. The van der Waals surface area contributed by atoms with Crippen LogP contribution in [0.1, 0.15) is 44.9 Å². The summed E-state index contributed by atoms with van der Waals surface area (Å²) in [6.07, 6.45) is 8.55. The SMILES string of the molecule is Cl.O=C(NCC1(N2CCSCC2)CCCCC1)C1CCNCC1. The highest BCUT2D eigenvalue weighted by Gasteiger charge is 2.39. The van der Waals surface area contributed by atoms with Crippen molar-refractivity contribution >= 4 is 30.1 Å². The second-order valence-corrected chi connectivity index (χ2v) is 8.35. The second kappa shape index (κ2) is 9.50. The van der Waals surface area contributed by atoms with E-state index in [2.05, 4.69) is 27.3 Å². The van der Waals surface area contributed by atoms with Gasteiger partial charge in [0.2, 0.25) is 5.91 Å². The lowest BCUT2D eigenvalue weighted by molar-refractivity contribution is -0.126. The molecule has 0 aromatic rings. The summed E-state index contributed by atoms with van der Waals surface area (Å²) in [5.74, 6) is 3.05. The molecule has 1 amide bonds. The minimum Gasteiger partial charge on any atom is -0.354 e. The molecule has 0 radical (unpaired) electrons. The van der Waals surface area contributed by atoms with Crippen LogP contribution in [0.25, 0.3) is 0 Å². The molecule has 0 spiro atoms. The lowest BCUT2D eigenvalue weighted by Crippen LogP contribution is -2.59. The van der Waals surface area contributed by atoms with Gasteiger partial charge in [-0.2, -0.15) is 11.8 Å². The van der Waals surface area contributed by atoms with Gasteiger partial charge in [0.05, 0.1) is 0 Å². The number of carbonyl (C=O) groups excluding carboxylic acids is 1. The van der Waals surface area contributed by atoms with Crippen molar-refractivity contribution < 1.29 is 4.79 Å². The van der Waals surface area contributed by atoms with Gasteiger partial charge in [-0.15, -0.1) is 12.4 Å². The summed E-state index contributed by atoms with van der Waals surface area (Å²) in [6.45, 7) is 5.27. The van der Waals surface area contributed by atoms with Gasteiger partial charge in [-0.25, -0.2) is 0 Å². The third-order valence-corrected chi connectivity index (χ3v) is 6.71. The fraction of sp³-hybridized carbons (Fsp3) is 0.941. The Morgan fingerprint density at radius 3 is 2.43 bits per heavy atom. The highest BCUT2D eigenvalue weighted by Crippen LogP contribution is 2.35. The van der Waals surface area contributed by atoms with Gasteiger partial charge < -0.3 is 10.6 Å². The number of rotatable bonds is 4. The molecule has 23 heavy (non-hydrogen) atoms. The number of amides is 1. The van der Waals surface area contributed by atoms with Crippen LogP contribution in [0.3, 0.4) is 0 Å². The van der Waals surface area contributed by atoms with E-state index in [1.54, 1.807) is 0 Å². The normalized spacial score (nSPS) is 26.3. The predicted octanol–water partition coefficient (Wildman–Crippen LogP) is 2.28. The van der Waals surface area contributed by atoms with E-state index in [1.165, 1.54) is 56.7 Å². The average Bonchev–Trinajstić information content (AvgIpc) is 2.62.